The number of guanidine groups is 1. The fourth-order valence-electron chi connectivity index (χ4n) is 2.98. The van der Waals surface area contributed by atoms with Crippen LogP contribution in [0.1, 0.15) is 44.6 Å². The van der Waals surface area contributed by atoms with Gasteiger partial charge in [0.2, 0.25) is 0 Å². The molecule has 1 aromatic carbocycles. The van der Waals surface area contributed by atoms with Crippen molar-refractivity contribution in [1.29, 1.82) is 0 Å². The average Bonchev–Trinajstić information content (AvgIpc) is 2.67. The number of hydrogen-bond donors (Lipinski definition) is 3. The molecule has 0 spiro atoms. The molecule has 3 N–H and O–H groups in total. The smallest absolute Gasteiger partial charge is 0.269 e. The summed E-state index contributed by atoms with van der Waals surface area (Å²) in [5, 5.41) is 27.2. The number of aliphatic imine (C=N–C) groups is 1. The largest absolute Gasteiger partial charge is 0.393 e. The molecule has 2 rings (SSSR count). The number of nitro benzene ring substituents is 1. The van der Waals surface area contributed by atoms with E-state index in [1.54, 1.807) is 12.1 Å². The molecule has 0 aliphatic heterocycles. The van der Waals surface area contributed by atoms with Gasteiger partial charge in [-0.05, 0) is 44.6 Å². The molecule has 1 aliphatic rings. The standard InChI is InChI=1S/C19H30N4O4.HI/c1-2-27-13-3-12-20-19(22-16-6-10-18(24)11-7-16)21-14-15-4-8-17(9-5-15)23(25)26;/h4-5,8-9,16,18,24H,2-3,6-7,10-14H2,1H3,(H2,20,21,22);1H. The summed E-state index contributed by atoms with van der Waals surface area (Å²) < 4.78 is 5.35. The number of ether oxygens (including phenoxy) is 1. The van der Waals surface area contributed by atoms with Crippen LogP contribution in [0.25, 0.3) is 0 Å². The molecule has 28 heavy (non-hydrogen) atoms. The number of nitrogens with zero attached hydrogens (tertiary/aromatic N) is 2. The van der Waals surface area contributed by atoms with E-state index in [0.717, 1.165) is 50.2 Å². The number of nitro groups is 1. The van der Waals surface area contributed by atoms with Crippen molar-refractivity contribution in [2.75, 3.05) is 19.8 Å². The van der Waals surface area contributed by atoms with E-state index in [4.69, 9.17) is 4.74 Å². The monoisotopic (exact) mass is 506 g/mol. The second-order valence-electron chi connectivity index (χ2n) is 6.72. The molecule has 0 atom stereocenters. The highest BCUT2D eigenvalue weighted by atomic mass is 127. The van der Waals surface area contributed by atoms with E-state index in [1.165, 1.54) is 12.1 Å². The van der Waals surface area contributed by atoms with Crippen LogP contribution in [-0.2, 0) is 11.3 Å². The summed E-state index contributed by atoms with van der Waals surface area (Å²) >= 11 is 0. The van der Waals surface area contributed by atoms with E-state index in [2.05, 4.69) is 15.6 Å². The van der Waals surface area contributed by atoms with E-state index in [1.807, 2.05) is 6.92 Å². The lowest BCUT2D eigenvalue weighted by atomic mass is 9.93. The van der Waals surface area contributed by atoms with E-state index in [9.17, 15) is 15.2 Å². The van der Waals surface area contributed by atoms with Crippen LogP contribution in [0.15, 0.2) is 29.3 Å². The van der Waals surface area contributed by atoms with Crippen molar-refractivity contribution in [2.24, 2.45) is 4.99 Å². The third-order valence-corrected chi connectivity index (χ3v) is 4.57. The minimum absolute atomic E-state index is 0. The summed E-state index contributed by atoms with van der Waals surface area (Å²) in [7, 11) is 0. The molecular formula is C19H31IN4O4. The van der Waals surface area contributed by atoms with Gasteiger partial charge in [0.1, 0.15) is 0 Å². The fraction of sp³-hybridized carbons (Fsp3) is 0.632. The summed E-state index contributed by atoms with van der Waals surface area (Å²) in [6.07, 6.45) is 4.13. The van der Waals surface area contributed by atoms with Crippen LogP contribution in [-0.4, -0.2) is 47.9 Å². The van der Waals surface area contributed by atoms with Crippen molar-refractivity contribution < 1.29 is 14.8 Å². The lowest BCUT2D eigenvalue weighted by molar-refractivity contribution is -0.384. The minimum Gasteiger partial charge on any atom is -0.393 e. The number of rotatable bonds is 9. The van der Waals surface area contributed by atoms with Crippen molar-refractivity contribution in [2.45, 2.75) is 57.7 Å². The van der Waals surface area contributed by atoms with Gasteiger partial charge in [0.25, 0.3) is 5.69 Å². The maximum absolute atomic E-state index is 10.7. The molecule has 0 unspecified atom stereocenters. The molecule has 0 radical (unpaired) electrons. The summed E-state index contributed by atoms with van der Waals surface area (Å²) in [5.41, 5.74) is 0.992. The Morgan fingerprint density at radius 2 is 1.96 bits per heavy atom. The fourth-order valence-corrected chi connectivity index (χ4v) is 2.98. The Balaban J connectivity index is 0.00000392. The Morgan fingerprint density at radius 1 is 1.29 bits per heavy atom. The highest BCUT2D eigenvalue weighted by Crippen LogP contribution is 2.18. The number of halogens is 1. The average molecular weight is 506 g/mol. The topological polar surface area (TPSA) is 109 Å². The molecule has 1 saturated carbocycles. The first-order chi connectivity index (χ1) is 13.1. The third-order valence-electron chi connectivity index (χ3n) is 4.57. The summed E-state index contributed by atoms with van der Waals surface area (Å²) in [6, 6.07) is 6.74. The Labute approximate surface area is 183 Å². The van der Waals surface area contributed by atoms with E-state index in [-0.39, 0.29) is 35.8 Å². The number of nitrogens with one attached hydrogen (secondary N) is 2. The number of aliphatic hydroxyl groups excluding tert-OH is 1. The number of hydrogen-bond acceptors (Lipinski definition) is 5. The van der Waals surface area contributed by atoms with Gasteiger partial charge in [-0.1, -0.05) is 12.1 Å². The molecular weight excluding hydrogens is 475 g/mol. The predicted octanol–water partition coefficient (Wildman–Crippen LogP) is 2.98. The predicted molar refractivity (Wildman–Crippen MR) is 120 cm³/mol. The van der Waals surface area contributed by atoms with Crippen molar-refractivity contribution in [3.8, 4) is 0 Å². The van der Waals surface area contributed by atoms with Crippen LogP contribution >= 0.6 is 24.0 Å². The molecule has 1 aliphatic carbocycles. The van der Waals surface area contributed by atoms with Gasteiger partial charge in [-0.3, -0.25) is 10.1 Å². The van der Waals surface area contributed by atoms with Gasteiger partial charge in [-0.15, -0.1) is 24.0 Å². The Hall–Kier alpha value is -1.46. The highest BCUT2D eigenvalue weighted by Gasteiger charge is 2.20. The molecule has 1 aromatic rings. The lowest BCUT2D eigenvalue weighted by Crippen LogP contribution is -2.45. The number of aliphatic hydroxyl groups is 1. The second-order valence-corrected chi connectivity index (χ2v) is 6.72. The minimum atomic E-state index is -0.405. The molecule has 8 nitrogen and oxygen atoms in total. The number of non-ortho nitro benzene ring substituents is 1. The first-order valence-electron chi connectivity index (χ1n) is 9.62. The van der Waals surface area contributed by atoms with Crippen LogP contribution in [0.5, 0.6) is 0 Å². The first kappa shape index (κ1) is 24.6. The second kappa shape index (κ2) is 13.7. The van der Waals surface area contributed by atoms with Gasteiger partial charge in [0.05, 0.1) is 17.6 Å². The van der Waals surface area contributed by atoms with E-state index >= 15 is 0 Å². The molecule has 0 bridgehead atoms. The molecule has 9 heteroatoms. The summed E-state index contributed by atoms with van der Waals surface area (Å²) in [4.78, 5) is 15.0. The van der Waals surface area contributed by atoms with Gasteiger partial charge in [0, 0.05) is 37.9 Å². The van der Waals surface area contributed by atoms with Crippen molar-refractivity contribution in [3.05, 3.63) is 39.9 Å². The van der Waals surface area contributed by atoms with Crippen LogP contribution in [0.2, 0.25) is 0 Å². The Bertz CT molecular complexity index is 604. The van der Waals surface area contributed by atoms with Crippen molar-refractivity contribution >= 4 is 35.6 Å². The molecule has 158 valence electrons. The normalized spacial score (nSPS) is 19.6. The highest BCUT2D eigenvalue weighted by molar-refractivity contribution is 14.0. The van der Waals surface area contributed by atoms with Crippen molar-refractivity contribution in [1.82, 2.24) is 10.6 Å². The quantitative estimate of drug-likeness (QED) is 0.119. The number of benzene rings is 1. The third kappa shape index (κ3) is 9.16. The maximum Gasteiger partial charge on any atom is 0.269 e. The first-order valence-corrected chi connectivity index (χ1v) is 9.62. The Morgan fingerprint density at radius 3 is 2.57 bits per heavy atom. The van der Waals surface area contributed by atoms with E-state index in [0.29, 0.717) is 25.8 Å². The van der Waals surface area contributed by atoms with Gasteiger partial charge < -0.3 is 20.5 Å². The van der Waals surface area contributed by atoms with Gasteiger partial charge in [0.15, 0.2) is 5.96 Å². The van der Waals surface area contributed by atoms with Gasteiger partial charge in [-0.25, -0.2) is 4.99 Å². The zero-order valence-electron chi connectivity index (χ0n) is 16.3. The SMILES string of the molecule is CCOCCCNC(=NCc1ccc([N+](=O)[O-])cc1)NC1CCC(O)CC1.I. The lowest BCUT2D eigenvalue weighted by Gasteiger charge is -2.27. The molecule has 1 fully saturated rings. The van der Waals surface area contributed by atoms with Crippen LogP contribution in [0, 0.1) is 10.1 Å². The molecule has 0 saturated heterocycles. The Kier molecular flexibility index (Phi) is 12.0. The maximum atomic E-state index is 10.7. The molecule has 0 aromatic heterocycles. The van der Waals surface area contributed by atoms with Crippen LogP contribution in [0.4, 0.5) is 5.69 Å². The van der Waals surface area contributed by atoms with Gasteiger partial charge >= 0.3 is 0 Å². The molecule has 0 heterocycles. The van der Waals surface area contributed by atoms with Crippen LogP contribution in [0.3, 0.4) is 0 Å². The zero-order valence-corrected chi connectivity index (χ0v) is 18.6. The summed E-state index contributed by atoms with van der Waals surface area (Å²) in [6.45, 7) is 4.58. The van der Waals surface area contributed by atoms with Crippen molar-refractivity contribution in [3.63, 3.8) is 0 Å². The summed E-state index contributed by atoms with van der Waals surface area (Å²) in [5.74, 6) is 0.728. The zero-order chi connectivity index (χ0) is 19.5. The van der Waals surface area contributed by atoms with Crippen LogP contribution < -0.4 is 10.6 Å². The van der Waals surface area contributed by atoms with Gasteiger partial charge in [-0.2, -0.15) is 0 Å². The molecule has 0 amide bonds. The van der Waals surface area contributed by atoms with E-state index < -0.39 is 4.92 Å².